The number of benzene rings is 2. The lowest BCUT2D eigenvalue weighted by Crippen LogP contribution is -2.54. The Morgan fingerprint density at radius 3 is 2.27 bits per heavy atom. The van der Waals surface area contributed by atoms with Crippen molar-refractivity contribution in [2.24, 2.45) is 0 Å². The number of carbonyl (C=O) groups is 2. The van der Waals surface area contributed by atoms with Gasteiger partial charge in [-0.2, -0.15) is 0 Å². The van der Waals surface area contributed by atoms with Gasteiger partial charge in [-0.3, -0.25) is 19.0 Å². The lowest BCUT2D eigenvalue weighted by molar-refractivity contribution is -0.142. The molecule has 1 aliphatic rings. The zero-order chi connectivity index (χ0) is 23.4. The lowest BCUT2D eigenvalue weighted by atomic mass is 9.83. The van der Waals surface area contributed by atoms with Crippen LogP contribution in [0.25, 0.3) is 10.9 Å². The fraction of sp³-hybridized carbons (Fsp3) is 0.385. The molecule has 33 heavy (non-hydrogen) atoms. The topological polar surface area (TPSA) is 75.5 Å². The molecule has 2 heterocycles. The number of hydrogen-bond acceptors (Lipinski definition) is 4. The SMILES string of the molecule is CC(C)(C(=O)N1CCN(C(=O)CCCn2cnc3ccccc3c2=O)CC1)c1ccccc1. The predicted molar refractivity (Wildman–Crippen MR) is 128 cm³/mol. The van der Waals surface area contributed by atoms with Crippen molar-refractivity contribution < 1.29 is 9.59 Å². The fourth-order valence-electron chi connectivity index (χ4n) is 4.36. The molecule has 0 aliphatic carbocycles. The van der Waals surface area contributed by atoms with Gasteiger partial charge in [0.1, 0.15) is 0 Å². The van der Waals surface area contributed by atoms with Gasteiger partial charge in [0.2, 0.25) is 11.8 Å². The van der Waals surface area contributed by atoms with Crippen LogP contribution >= 0.6 is 0 Å². The molecular weight excluding hydrogens is 416 g/mol. The molecule has 3 aromatic rings. The molecule has 7 nitrogen and oxygen atoms in total. The lowest BCUT2D eigenvalue weighted by Gasteiger charge is -2.39. The maximum absolute atomic E-state index is 13.1. The van der Waals surface area contributed by atoms with Gasteiger partial charge in [-0.25, -0.2) is 4.98 Å². The number of fused-ring (bicyclic) bond motifs is 1. The normalized spacial score (nSPS) is 14.5. The minimum Gasteiger partial charge on any atom is -0.339 e. The Kier molecular flexibility index (Phi) is 6.58. The summed E-state index contributed by atoms with van der Waals surface area (Å²) in [4.78, 5) is 46.4. The Morgan fingerprint density at radius 2 is 1.55 bits per heavy atom. The van der Waals surface area contributed by atoms with Crippen LogP contribution in [0.5, 0.6) is 0 Å². The Balaban J connectivity index is 1.28. The van der Waals surface area contributed by atoms with Gasteiger partial charge in [0.25, 0.3) is 5.56 Å². The van der Waals surface area contributed by atoms with Gasteiger partial charge < -0.3 is 9.80 Å². The first-order valence-electron chi connectivity index (χ1n) is 11.4. The maximum atomic E-state index is 13.1. The molecule has 0 spiro atoms. The van der Waals surface area contributed by atoms with Crippen LogP contribution in [-0.4, -0.2) is 57.3 Å². The van der Waals surface area contributed by atoms with E-state index >= 15 is 0 Å². The van der Waals surface area contributed by atoms with Crippen LogP contribution in [0.15, 0.2) is 65.7 Å². The molecule has 1 saturated heterocycles. The monoisotopic (exact) mass is 446 g/mol. The average molecular weight is 447 g/mol. The quantitative estimate of drug-likeness (QED) is 0.584. The molecule has 0 bridgehead atoms. The number of amides is 2. The number of hydrogen-bond donors (Lipinski definition) is 0. The molecule has 1 aromatic heterocycles. The van der Waals surface area contributed by atoms with Crippen molar-refractivity contribution in [1.29, 1.82) is 0 Å². The summed E-state index contributed by atoms with van der Waals surface area (Å²) in [6.07, 6.45) is 2.48. The van der Waals surface area contributed by atoms with Gasteiger partial charge in [0.15, 0.2) is 0 Å². The fourth-order valence-corrected chi connectivity index (χ4v) is 4.36. The van der Waals surface area contributed by atoms with Crippen LogP contribution in [0.4, 0.5) is 0 Å². The van der Waals surface area contributed by atoms with Crippen LogP contribution in [-0.2, 0) is 21.5 Å². The summed E-state index contributed by atoms with van der Waals surface area (Å²) in [5.41, 5.74) is 0.986. The van der Waals surface area contributed by atoms with Crippen LogP contribution in [0.1, 0.15) is 32.3 Å². The molecule has 0 saturated carbocycles. The molecular formula is C26H30N4O3. The molecule has 7 heteroatoms. The molecule has 0 atom stereocenters. The Morgan fingerprint density at radius 1 is 0.909 bits per heavy atom. The molecule has 1 fully saturated rings. The highest BCUT2D eigenvalue weighted by Gasteiger charge is 2.35. The van der Waals surface area contributed by atoms with E-state index < -0.39 is 5.41 Å². The van der Waals surface area contributed by atoms with E-state index in [1.807, 2.05) is 72.2 Å². The summed E-state index contributed by atoms with van der Waals surface area (Å²) in [6, 6.07) is 17.1. The molecule has 172 valence electrons. The second-order valence-electron chi connectivity index (χ2n) is 9.03. The molecule has 2 aromatic carbocycles. The third-order valence-corrected chi connectivity index (χ3v) is 6.47. The molecule has 0 N–H and O–H groups in total. The number of carbonyl (C=O) groups excluding carboxylic acids is 2. The number of piperazine rings is 1. The Bertz CT molecular complexity index is 1190. The molecule has 4 rings (SSSR count). The summed E-state index contributed by atoms with van der Waals surface area (Å²) >= 11 is 0. The third kappa shape index (κ3) is 4.82. The first kappa shape index (κ1) is 22.7. The maximum Gasteiger partial charge on any atom is 0.261 e. The van der Waals surface area contributed by atoms with Gasteiger partial charge in [0, 0.05) is 39.1 Å². The predicted octanol–water partition coefficient (Wildman–Crippen LogP) is 2.83. The first-order chi connectivity index (χ1) is 15.9. The standard InChI is InChI=1S/C26H30N4O3/c1-26(2,20-9-4-3-5-10-20)25(33)29-17-15-28(16-18-29)23(31)13-8-14-30-19-27-22-12-7-6-11-21(22)24(30)32/h3-7,9-12,19H,8,13-18H2,1-2H3. The first-order valence-corrected chi connectivity index (χ1v) is 11.4. The number of para-hydroxylation sites is 1. The highest BCUT2D eigenvalue weighted by molar-refractivity contribution is 5.87. The van der Waals surface area contributed by atoms with E-state index in [2.05, 4.69) is 4.98 Å². The summed E-state index contributed by atoms with van der Waals surface area (Å²) in [5, 5.41) is 0.588. The van der Waals surface area contributed by atoms with Crippen LogP contribution in [0.3, 0.4) is 0 Å². The minimum absolute atomic E-state index is 0.0613. The second-order valence-corrected chi connectivity index (χ2v) is 9.03. The zero-order valence-electron chi connectivity index (χ0n) is 19.2. The van der Waals surface area contributed by atoms with E-state index in [0.29, 0.717) is 56.5 Å². The van der Waals surface area contributed by atoms with Crippen molar-refractivity contribution in [2.75, 3.05) is 26.2 Å². The molecule has 1 aliphatic heterocycles. The number of nitrogens with zero attached hydrogens (tertiary/aromatic N) is 4. The summed E-state index contributed by atoms with van der Waals surface area (Å²) in [6.45, 7) is 6.49. The van der Waals surface area contributed by atoms with E-state index in [1.165, 1.54) is 0 Å². The van der Waals surface area contributed by atoms with Crippen molar-refractivity contribution in [1.82, 2.24) is 19.4 Å². The van der Waals surface area contributed by atoms with Crippen molar-refractivity contribution in [3.8, 4) is 0 Å². The van der Waals surface area contributed by atoms with Crippen molar-refractivity contribution in [3.05, 3.63) is 76.8 Å². The van der Waals surface area contributed by atoms with E-state index in [4.69, 9.17) is 0 Å². The summed E-state index contributed by atoms with van der Waals surface area (Å²) in [5.74, 6) is 0.148. The number of aryl methyl sites for hydroxylation is 1. The van der Waals surface area contributed by atoms with Crippen molar-refractivity contribution in [2.45, 2.75) is 38.6 Å². The van der Waals surface area contributed by atoms with E-state index in [9.17, 15) is 14.4 Å². The molecule has 2 amide bonds. The van der Waals surface area contributed by atoms with Crippen LogP contribution in [0, 0.1) is 0 Å². The van der Waals surface area contributed by atoms with E-state index in [1.54, 1.807) is 17.0 Å². The van der Waals surface area contributed by atoms with Crippen LogP contribution < -0.4 is 5.56 Å². The smallest absolute Gasteiger partial charge is 0.261 e. The highest BCUT2D eigenvalue weighted by atomic mass is 16.2. The third-order valence-electron chi connectivity index (χ3n) is 6.47. The number of rotatable bonds is 6. The minimum atomic E-state index is -0.603. The molecule has 0 unspecified atom stereocenters. The van der Waals surface area contributed by atoms with Crippen molar-refractivity contribution in [3.63, 3.8) is 0 Å². The summed E-state index contributed by atoms with van der Waals surface area (Å²) < 4.78 is 1.57. The largest absolute Gasteiger partial charge is 0.339 e. The second kappa shape index (κ2) is 9.57. The van der Waals surface area contributed by atoms with Gasteiger partial charge in [0.05, 0.1) is 22.6 Å². The number of aromatic nitrogens is 2. The van der Waals surface area contributed by atoms with Gasteiger partial charge in [-0.15, -0.1) is 0 Å². The Labute approximate surface area is 193 Å². The average Bonchev–Trinajstić information content (AvgIpc) is 2.85. The van der Waals surface area contributed by atoms with Gasteiger partial charge >= 0.3 is 0 Å². The van der Waals surface area contributed by atoms with Gasteiger partial charge in [-0.1, -0.05) is 42.5 Å². The molecule has 0 radical (unpaired) electrons. The zero-order valence-corrected chi connectivity index (χ0v) is 19.2. The van der Waals surface area contributed by atoms with Gasteiger partial charge in [-0.05, 0) is 38.0 Å². The van der Waals surface area contributed by atoms with Crippen LogP contribution in [0.2, 0.25) is 0 Å². The highest BCUT2D eigenvalue weighted by Crippen LogP contribution is 2.26. The van der Waals surface area contributed by atoms with Crippen molar-refractivity contribution >= 4 is 22.7 Å². The van der Waals surface area contributed by atoms with E-state index in [0.717, 1.165) is 5.56 Å². The Hall–Kier alpha value is -3.48. The summed E-state index contributed by atoms with van der Waals surface area (Å²) in [7, 11) is 0. The van der Waals surface area contributed by atoms with E-state index in [-0.39, 0.29) is 17.4 Å².